The number of hydrogen-bond acceptors (Lipinski definition) is 2. The van der Waals surface area contributed by atoms with Crippen molar-refractivity contribution in [3.8, 4) is 0 Å². The zero-order valence-electron chi connectivity index (χ0n) is 12.7. The maximum Gasteiger partial charge on any atom is 0.152 e. The van der Waals surface area contributed by atoms with Crippen molar-refractivity contribution in [3.63, 3.8) is 0 Å². The fourth-order valence-electron chi connectivity index (χ4n) is 6.18. The van der Waals surface area contributed by atoms with E-state index in [1.807, 2.05) is 0 Å². The first-order chi connectivity index (χ1) is 9.73. The molecule has 0 aromatic heterocycles. The topological polar surface area (TPSA) is 29.1 Å². The fraction of sp³-hybridized carbons (Fsp3) is 0.944. The van der Waals surface area contributed by atoms with E-state index in [4.69, 9.17) is 0 Å². The summed E-state index contributed by atoms with van der Waals surface area (Å²) in [6, 6.07) is 0.626. The standard InChI is InChI=1S/C18H29NO/c20-17(12-19-16-4-2-1-3-5-16)18-9-13-6-14(10-18)8-15(7-13)11-18/h13-16,19H,1-12H2. The minimum Gasteiger partial charge on any atom is -0.307 e. The molecule has 0 aromatic rings. The molecule has 2 heteroatoms. The fourth-order valence-corrected chi connectivity index (χ4v) is 6.18. The summed E-state index contributed by atoms with van der Waals surface area (Å²) in [6.45, 7) is 0.664. The van der Waals surface area contributed by atoms with Gasteiger partial charge in [0.25, 0.3) is 0 Å². The number of hydrogen-bond donors (Lipinski definition) is 1. The molecule has 1 N–H and O–H groups in total. The van der Waals surface area contributed by atoms with Gasteiger partial charge < -0.3 is 5.32 Å². The minimum atomic E-state index is 0.108. The van der Waals surface area contributed by atoms with Gasteiger partial charge in [-0.05, 0) is 69.1 Å². The van der Waals surface area contributed by atoms with E-state index in [2.05, 4.69) is 5.32 Å². The smallest absolute Gasteiger partial charge is 0.152 e. The number of carbonyl (C=O) groups excluding carboxylic acids is 1. The largest absolute Gasteiger partial charge is 0.307 e. The molecule has 0 amide bonds. The Bertz CT molecular complexity index is 348. The molecule has 112 valence electrons. The van der Waals surface area contributed by atoms with Crippen LogP contribution in [-0.4, -0.2) is 18.4 Å². The van der Waals surface area contributed by atoms with Crippen LogP contribution < -0.4 is 5.32 Å². The van der Waals surface area contributed by atoms with E-state index in [1.165, 1.54) is 70.6 Å². The van der Waals surface area contributed by atoms with Gasteiger partial charge in [0.15, 0.2) is 5.78 Å². The van der Waals surface area contributed by atoms with Crippen LogP contribution in [0.25, 0.3) is 0 Å². The van der Waals surface area contributed by atoms with Gasteiger partial charge in [-0.15, -0.1) is 0 Å². The first-order valence-corrected chi connectivity index (χ1v) is 9.00. The third kappa shape index (κ3) is 2.34. The molecular formula is C18H29NO. The number of carbonyl (C=O) groups is 1. The summed E-state index contributed by atoms with van der Waals surface area (Å²) in [6.07, 6.45) is 14.6. The Morgan fingerprint density at radius 3 is 2.00 bits per heavy atom. The van der Waals surface area contributed by atoms with Crippen LogP contribution in [0, 0.1) is 23.2 Å². The summed E-state index contributed by atoms with van der Waals surface area (Å²) < 4.78 is 0. The van der Waals surface area contributed by atoms with Crippen LogP contribution in [0.3, 0.4) is 0 Å². The molecule has 0 aliphatic heterocycles. The molecule has 5 aliphatic carbocycles. The van der Waals surface area contributed by atoms with Gasteiger partial charge in [-0.2, -0.15) is 0 Å². The van der Waals surface area contributed by atoms with Crippen molar-refractivity contribution in [2.24, 2.45) is 23.2 Å². The summed E-state index contributed by atoms with van der Waals surface area (Å²) >= 11 is 0. The lowest BCUT2D eigenvalue weighted by molar-refractivity contribution is -0.143. The van der Waals surface area contributed by atoms with E-state index >= 15 is 0 Å². The van der Waals surface area contributed by atoms with E-state index in [9.17, 15) is 4.79 Å². The maximum atomic E-state index is 12.9. The van der Waals surface area contributed by atoms with Crippen LogP contribution in [0.1, 0.15) is 70.6 Å². The van der Waals surface area contributed by atoms with Gasteiger partial charge in [0.2, 0.25) is 0 Å². The van der Waals surface area contributed by atoms with Crippen molar-refractivity contribution >= 4 is 5.78 Å². The Kier molecular flexibility index (Phi) is 3.41. The summed E-state index contributed by atoms with van der Waals surface area (Å²) in [4.78, 5) is 12.9. The van der Waals surface area contributed by atoms with Crippen molar-refractivity contribution in [3.05, 3.63) is 0 Å². The molecule has 0 radical (unpaired) electrons. The van der Waals surface area contributed by atoms with Crippen molar-refractivity contribution in [1.82, 2.24) is 5.32 Å². The summed E-state index contributed by atoms with van der Waals surface area (Å²) in [5, 5.41) is 3.60. The van der Waals surface area contributed by atoms with Gasteiger partial charge in [0.1, 0.15) is 0 Å². The number of nitrogens with one attached hydrogen (secondary N) is 1. The highest BCUT2D eigenvalue weighted by molar-refractivity contribution is 5.87. The Morgan fingerprint density at radius 1 is 0.900 bits per heavy atom. The Labute approximate surface area is 123 Å². The van der Waals surface area contributed by atoms with Crippen LogP contribution in [-0.2, 0) is 4.79 Å². The van der Waals surface area contributed by atoms with Crippen molar-refractivity contribution in [2.75, 3.05) is 6.54 Å². The van der Waals surface area contributed by atoms with Crippen molar-refractivity contribution in [1.29, 1.82) is 0 Å². The van der Waals surface area contributed by atoms with Gasteiger partial charge in [0.05, 0.1) is 6.54 Å². The molecule has 0 unspecified atom stereocenters. The first kappa shape index (κ1) is 13.3. The van der Waals surface area contributed by atoms with Gasteiger partial charge in [-0.3, -0.25) is 4.79 Å². The molecule has 0 heterocycles. The first-order valence-electron chi connectivity index (χ1n) is 9.00. The third-order valence-corrected chi connectivity index (χ3v) is 6.79. The summed E-state index contributed by atoms with van der Waals surface area (Å²) in [5.41, 5.74) is 0.108. The van der Waals surface area contributed by atoms with Crippen LogP contribution >= 0.6 is 0 Å². The van der Waals surface area contributed by atoms with E-state index in [0.717, 1.165) is 17.8 Å². The molecule has 4 bridgehead atoms. The van der Waals surface area contributed by atoms with Crippen LogP contribution in [0.4, 0.5) is 0 Å². The molecule has 5 aliphatic rings. The second-order valence-corrected chi connectivity index (χ2v) is 8.34. The second-order valence-electron chi connectivity index (χ2n) is 8.34. The highest BCUT2D eigenvalue weighted by atomic mass is 16.1. The van der Waals surface area contributed by atoms with Crippen LogP contribution in [0.2, 0.25) is 0 Å². The Morgan fingerprint density at radius 2 is 1.45 bits per heavy atom. The number of ketones is 1. The quantitative estimate of drug-likeness (QED) is 0.847. The van der Waals surface area contributed by atoms with Crippen LogP contribution in [0.5, 0.6) is 0 Å². The molecule has 5 saturated carbocycles. The lowest BCUT2D eigenvalue weighted by atomic mass is 9.48. The monoisotopic (exact) mass is 275 g/mol. The Balaban J connectivity index is 1.38. The van der Waals surface area contributed by atoms with E-state index in [1.54, 1.807) is 0 Å². The van der Waals surface area contributed by atoms with Crippen molar-refractivity contribution in [2.45, 2.75) is 76.7 Å². The zero-order chi connectivity index (χ0) is 13.6. The molecule has 5 rings (SSSR count). The summed E-state index contributed by atoms with van der Waals surface area (Å²) in [7, 11) is 0. The van der Waals surface area contributed by atoms with Gasteiger partial charge >= 0.3 is 0 Å². The lowest BCUT2D eigenvalue weighted by Crippen LogP contribution is -2.52. The third-order valence-electron chi connectivity index (χ3n) is 6.79. The molecule has 20 heavy (non-hydrogen) atoms. The molecular weight excluding hydrogens is 246 g/mol. The average molecular weight is 275 g/mol. The number of Topliss-reactive ketones (excluding diaryl/α,β-unsaturated/α-hetero) is 1. The highest BCUT2D eigenvalue weighted by Gasteiger charge is 2.53. The minimum absolute atomic E-state index is 0.108. The SMILES string of the molecule is O=C(CNC1CCCCC1)C12CC3CC(CC(C3)C1)C2. The molecule has 0 spiro atoms. The van der Waals surface area contributed by atoms with E-state index in [-0.39, 0.29) is 5.41 Å². The number of rotatable bonds is 4. The van der Waals surface area contributed by atoms with E-state index < -0.39 is 0 Å². The van der Waals surface area contributed by atoms with Crippen molar-refractivity contribution < 1.29 is 4.79 Å². The zero-order valence-corrected chi connectivity index (χ0v) is 12.7. The van der Waals surface area contributed by atoms with Gasteiger partial charge in [-0.25, -0.2) is 0 Å². The highest BCUT2D eigenvalue weighted by Crippen LogP contribution is 2.60. The average Bonchev–Trinajstić information content (AvgIpc) is 2.44. The molecule has 0 saturated heterocycles. The normalized spacial score (nSPS) is 43.9. The van der Waals surface area contributed by atoms with Gasteiger partial charge in [-0.1, -0.05) is 19.3 Å². The molecule has 5 fully saturated rings. The predicted octanol–water partition coefficient (Wildman–Crippen LogP) is 3.69. The Hall–Kier alpha value is -0.370. The molecule has 0 atom stereocenters. The second kappa shape index (κ2) is 5.12. The maximum absolute atomic E-state index is 12.9. The molecule has 0 aromatic carbocycles. The summed E-state index contributed by atoms with van der Waals surface area (Å²) in [5.74, 6) is 3.24. The predicted molar refractivity (Wildman–Crippen MR) is 80.5 cm³/mol. The molecule has 2 nitrogen and oxygen atoms in total. The van der Waals surface area contributed by atoms with Gasteiger partial charge in [0, 0.05) is 11.5 Å². The van der Waals surface area contributed by atoms with Crippen LogP contribution in [0.15, 0.2) is 0 Å². The van der Waals surface area contributed by atoms with E-state index in [0.29, 0.717) is 18.4 Å². The lowest BCUT2D eigenvalue weighted by Gasteiger charge is -2.56.